The van der Waals surface area contributed by atoms with Crippen molar-refractivity contribution in [3.63, 3.8) is 0 Å². The van der Waals surface area contributed by atoms with Gasteiger partial charge in [-0.2, -0.15) is 0 Å². The third-order valence-electron chi connectivity index (χ3n) is 7.48. The molecule has 0 saturated heterocycles. The normalized spacial score (nSPS) is 10.1. The fraction of sp³-hybridized carbons (Fsp3) is 0.917. The zero-order chi connectivity index (χ0) is 31.9. The minimum atomic E-state index is -0.659. The van der Waals surface area contributed by atoms with Crippen molar-refractivity contribution in [3.05, 3.63) is 0 Å². The maximum Gasteiger partial charge on any atom is 0.303 e. The second-order valence-electron chi connectivity index (χ2n) is 11.9. The number of carbonyl (C=O) groups is 3. The Kier molecular flexibility index (Phi) is 53.4. The van der Waals surface area contributed by atoms with Crippen molar-refractivity contribution in [3.8, 4) is 0 Å². The number of carboxylic acid groups (broad SMARTS) is 3. The van der Waals surface area contributed by atoms with Crippen LogP contribution in [-0.4, -0.2) is 33.2 Å². The third kappa shape index (κ3) is 61.5. The molecule has 0 bridgehead atoms. The predicted octanol–water partition coefficient (Wildman–Crippen LogP) is 12.0. The molecule has 3 N–H and O–H groups in total. The van der Waals surface area contributed by atoms with E-state index < -0.39 is 17.9 Å². The molecule has 0 amide bonds. The van der Waals surface area contributed by atoms with Crippen molar-refractivity contribution in [1.82, 2.24) is 0 Å². The van der Waals surface area contributed by atoms with E-state index in [-0.39, 0.29) is 41.7 Å². The molecule has 0 aliphatic carbocycles. The van der Waals surface area contributed by atoms with E-state index in [4.69, 9.17) is 15.3 Å². The summed E-state index contributed by atoms with van der Waals surface area (Å²) in [6, 6.07) is 0. The summed E-state index contributed by atoms with van der Waals surface area (Å²) < 4.78 is 0. The molecule has 256 valence electrons. The molecular weight excluding hydrogens is 669 g/mol. The van der Waals surface area contributed by atoms with Gasteiger partial charge in [0.15, 0.2) is 0 Å². The first-order valence-corrected chi connectivity index (χ1v) is 18.0. The van der Waals surface area contributed by atoms with Crippen LogP contribution in [0.25, 0.3) is 0 Å². The van der Waals surface area contributed by atoms with Crippen LogP contribution in [0.5, 0.6) is 0 Å². The first kappa shape index (κ1) is 49.7. The van der Waals surface area contributed by atoms with Gasteiger partial charge in [0.05, 0.1) is 0 Å². The summed E-state index contributed by atoms with van der Waals surface area (Å²) in [5.74, 6) is -1.98. The van der Waals surface area contributed by atoms with Crippen LogP contribution in [-0.2, 0) is 14.4 Å². The van der Waals surface area contributed by atoms with Crippen LogP contribution in [0.15, 0.2) is 0 Å². The van der Waals surface area contributed by atoms with E-state index in [2.05, 4.69) is 20.8 Å². The Bertz CT molecular complexity index is 480. The van der Waals surface area contributed by atoms with Crippen LogP contribution in [0, 0.1) is 41.7 Å². The van der Waals surface area contributed by atoms with E-state index in [1.165, 1.54) is 135 Å². The van der Waals surface area contributed by atoms with Gasteiger partial charge in [0.25, 0.3) is 0 Å². The Morgan fingerprint density at radius 2 is 0.442 bits per heavy atom. The second-order valence-corrected chi connectivity index (χ2v) is 11.9. The minimum Gasteiger partial charge on any atom is -0.481 e. The molecule has 0 saturated carbocycles. The van der Waals surface area contributed by atoms with Crippen molar-refractivity contribution in [2.75, 3.05) is 0 Å². The molecule has 0 spiro atoms. The molecule has 0 aromatic heterocycles. The number of hydrogen-bond acceptors (Lipinski definition) is 3. The van der Waals surface area contributed by atoms with Crippen molar-refractivity contribution in [2.45, 2.75) is 213 Å². The van der Waals surface area contributed by atoms with Gasteiger partial charge in [-0.3, -0.25) is 14.4 Å². The SMILES string of the molecule is CCCCCCCCCCCC(=O)O.CCCCCCCCCCCC(=O)O.CCCCCCCCCCCC(=O)O.[Ce]. The summed E-state index contributed by atoms with van der Waals surface area (Å²) in [7, 11) is 0. The first-order valence-electron chi connectivity index (χ1n) is 18.0. The molecule has 0 aromatic rings. The van der Waals surface area contributed by atoms with E-state index in [0.29, 0.717) is 19.3 Å². The van der Waals surface area contributed by atoms with Gasteiger partial charge in [-0.15, -0.1) is 0 Å². The molecule has 6 nitrogen and oxygen atoms in total. The number of aliphatic carboxylic acids is 3. The number of unbranched alkanes of at least 4 members (excludes halogenated alkanes) is 24. The van der Waals surface area contributed by atoms with E-state index >= 15 is 0 Å². The van der Waals surface area contributed by atoms with E-state index in [9.17, 15) is 14.4 Å². The van der Waals surface area contributed by atoms with Crippen molar-refractivity contribution in [1.29, 1.82) is 0 Å². The molecule has 7 heteroatoms. The number of hydrogen-bond donors (Lipinski definition) is 3. The Hall–Kier alpha value is -0.213. The summed E-state index contributed by atoms with van der Waals surface area (Å²) in [4.78, 5) is 30.6. The van der Waals surface area contributed by atoms with Crippen LogP contribution in [0.2, 0.25) is 0 Å². The molecule has 0 aliphatic rings. The van der Waals surface area contributed by atoms with Gasteiger partial charge in [0.2, 0.25) is 0 Å². The molecule has 0 fully saturated rings. The summed E-state index contributed by atoms with van der Waals surface area (Å²) >= 11 is 0. The topological polar surface area (TPSA) is 112 Å². The predicted molar refractivity (Wildman–Crippen MR) is 178 cm³/mol. The average molecular weight is 741 g/mol. The molecule has 43 heavy (non-hydrogen) atoms. The second kappa shape index (κ2) is 46.2. The average Bonchev–Trinajstić information content (AvgIpc) is 2.95. The van der Waals surface area contributed by atoms with E-state index in [1.54, 1.807) is 0 Å². The fourth-order valence-corrected chi connectivity index (χ4v) is 4.76. The molecule has 0 unspecified atom stereocenters. The summed E-state index contributed by atoms with van der Waals surface area (Å²) in [5.41, 5.74) is 0. The fourth-order valence-electron chi connectivity index (χ4n) is 4.76. The molecule has 0 aliphatic heterocycles. The van der Waals surface area contributed by atoms with Gasteiger partial charge in [-0.05, 0) is 19.3 Å². The van der Waals surface area contributed by atoms with Crippen LogP contribution in [0.1, 0.15) is 213 Å². The Balaban J connectivity index is -0.000000262. The largest absolute Gasteiger partial charge is 0.481 e. The van der Waals surface area contributed by atoms with Gasteiger partial charge in [-0.25, -0.2) is 0 Å². The van der Waals surface area contributed by atoms with Gasteiger partial charge in [0.1, 0.15) is 0 Å². The Morgan fingerprint density at radius 3 is 0.581 bits per heavy atom. The standard InChI is InChI=1S/3C12H24O2.Ce/c3*1-2-3-4-5-6-7-8-9-10-11-12(13)14;/h3*2-11H2,1H3,(H,13,14);. The molecule has 0 rings (SSSR count). The summed E-state index contributed by atoms with van der Waals surface area (Å²) in [6.45, 7) is 6.68. The monoisotopic (exact) mass is 740 g/mol. The van der Waals surface area contributed by atoms with Crippen molar-refractivity contribution >= 4 is 17.9 Å². The zero-order valence-electron chi connectivity index (χ0n) is 28.8. The smallest absolute Gasteiger partial charge is 0.303 e. The summed E-state index contributed by atoms with van der Waals surface area (Å²) in [5, 5.41) is 25.2. The number of carboxylic acids is 3. The maximum absolute atomic E-state index is 10.2. The van der Waals surface area contributed by atoms with E-state index in [0.717, 1.165) is 38.5 Å². The van der Waals surface area contributed by atoms with Gasteiger partial charge in [-0.1, -0.05) is 175 Å². The van der Waals surface area contributed by atoms with Gasteiger partial charge >= 0.3 is 17.9 Å². The van der Waals surface area contributed by atoms with Crippen LogP contribution < -0.4 is 0 Å². The zero-order valence-corrected chi connectivity index (χ0v) is 31.9. The third-order valence-corrected chi connectivity index (χ3v) is 7.48. The summed E-state index contributed by atoms with van der Waals surface area (Å²) in [6.07, 6.45) is 34.4. The molecule has 0 radical (unpaired) electrons. The van der Waals surface area contributed by atoms with Gasteiger partial charge < -0.3 is 15.3 Å². The molecular formula is C36H72CeO6. The number of rotatable bonds is 30. The van der Waals surface area contributed by atoms with Crippen molar-refractivity contribution in [2.24, 2.45) is 0 Å². The Labute approximate surface area is 300 Å². The molecule has 0 atom stereocenters. The van der Waals surface area contributed by atoms with Crippen molar-refractivity contribution < 1.29 is 71.5 Å². The maximum atomic E-state index is 10.2. The molecule has 0 aromatic carbocycles. The minimum absolute atomic E-state index is 0. The van der Waals surface area contributed by atoms with Crippen LogP contribution in [0.4, 0.5) is 0 Å². The van der Waals surface area contributed by atoms with E-state index in [1.807, 2.05) is 0 Å². The van der Waals surface area contributed by atoms with Crippen LogP contribution in [0.3, 0.4) is 0 Å². The first-order chi connectivity index (χ1) is 20.3. The quantitative estimate of drug-likeness (QED) is 0.0632. The van der Waals surface area contributed by atoms with Gasteiger partial charge in [0, 0.05) is 61.0 Å². The Morgan fingerprint density at radius 1 is 0.302 bits per heavy atom. The van der Waals surface area contributed by atoms with Crippen LogP contribution >= 0.6 is 0 Å². The molecule has 0 heterocycles.